The van der Waals surface area contributed by atoms with Crippen LogP contribution in [0.4, 0.5) is 4.79 Å². The molecule has 3 aliphatic heterocycles. The number of rotatable bonds is 4. The number of guanidine groups is 1. The Hall–Kier alpha value is -1.88. The molecule has 9 nitrogen and oxygen atoms in total. The highest BCUT2D eigenvalue weighted by Crippen LogP contribution is 2.28. The van der Waals surface area contributed by atoms with Gasteiger partial charge in [0.05, 0.1) is 0 Å². The van der Waals surface area contributed by atoms with Crippen molar-refractivity contribution in [1.29, 1.82) is 0 Å². The van der Waals surface area contributed by atoms with E-state index in [-0.39, 0.29) is 11.9 Å². The minimum Gasteiger partial charge on any atom is -0.343 e. The van der Waals surface area contributed by atoms with E-state index in [0.717, 1.165) is 47.0 Å². The largest absolute Gasteiger partial charge is 0.343 e. The highest BCUT2D eigenvalue weighted by atomic mass is 32.2. The number of amides is 3. The van der Waals surface area contributed by atoms with E-state index in [1.165, 1.54) is 4.90 Å². The molecule has 26 heavy (non-hydrogen) atoms. The Kier molecular flexibility index (Phi) is 4.74. The Bertz CT molecular complexity index is 746. The van der Waals surface area contributed by atoms with Crippen molar-refractivity contribution in [1.82, 2.24) is 30.2 Å². The molecule has 2 unspecified atom stereocenters. The Balaban J connectivity index is 1.52. The lowest BCUT2D eigenvalue weighted by atomic mass is 10.1. The van der Waals surface area contributed by atoms with Crippen LogP contribution in [0.5, 0.6) is 0 Å². The second kappa shape index (κ2) is 7.03. The van der Waals surface area contributed by atoms with Gasteiger partial charge >= 0.3 is 6.03 Å². The molecular weight excluding hydrogens is 374 g/mol. The molecule has 0 aliphatic carbocycles. The molecule has 1 N–H and O–H groups in total. The summed E-state index contributed by atoms with van der Waals surface area (Å²) in [4.78, 5) is 35.0. The number of aliphatic imine (C=N–C) groups is 1. The normalized spacial score (nSPS) is 25.6. The molecule has 0 aromatic carbocycles. The summed E-state index contributed by atoms with van der Waals surface area (Å²) < 4.78 is 0.929. The lowest BCUT2D eigenvalue weighted by Gasteiger charge is -2.37. The van der Waals surface area contributed by atoms with Gasteiger partial charge in [-0.1, -0.05) is 23.1 Å². The quantitative estimate of drug-likeness (QED) is 0.746. The van der Waals surface area contributed by atoms with Crippen LogP contribution in [-0.4, -0.2) is 87.4 Å². The average molecular weight is 396 g/mol. The van der Waals surface area contributed by atoms with E-state index in [2.05, 4.69) is 25.3 Å². The van der Waals surface area contributed by atoms with Gasteiger partial charge < -0.3 is 14.7 Å². The molecule has 1 aromatic rings. The number of carbonyl (C=O) groups is 2. The summed E-state index contributed by atoms with van der Waals surface area (Å²) in [6.07, 6.45) is 1.80. The van der Waals surface area contributed by atoms with Crippen molar-refractivity contribution in [3.8, 4) is 0 Å². The van der Waals surface area contributed by atoms with Gasteiger partial charge in [-0.3, -0.25) is 10.1 Å². The number of fused-ring (bicyclic) bond motifs is 1. The van der Waals surface area contributed by atoms with E-state index < -0.39 is 12.2 Å². The molecule has 2 saturated heterocycles. The van der Waals surface area contributed by atoms with Gasteiger partial charge in [0.25, 0.3) is 5.91 Å². The van der Waals surface area contributed by atoms with E-state index in [1.807, 2.05) is 6.92 Å². The number of likely N-dealkylation sites (N-methyl/N-ethyl adjacent to an activating group) is 1. The minimum atomic E-state index is -0.468. The topological polar surface area (TPSA) is 94.0 Å². The maximum atomic E-state index is 12.5. The van der Waals surface area contributed by atoms with Crippen LogP contribution in [-0.2, 0) is 4.79 Å². The summed E-state index contributed by atoms with van der Waals surface area (Å²) in [6, 6.07) is -0.855. The molecule has 3 amide bonds. The van der Waals surface area contributed by atoms with Crippen molar-refractivity contribution in [3.05, 3.63) is 5.01 Å². The first-order valence-corrected chi connectivity index (χ1v) is 10.4. The van der Waals surface area contributed by atoms with Gasteiger partial charge in [0, 0.05) is 32.4 Å². The van der Waals surface area contributed by atoms with Gasteiger partial charge in [-0.15, -0.1) is 10.2 Å². The standard InChI is InChI=1S/C15H21N7O2S2/c1-9-18-19-15(26-9)25-8-7-22-10-11(20(2)14(24)17-12(10)23)16-13(22)21-5-3-4-6-21/h10-11H,3-8H2,1-2H3,(H,17,23,24). The van der Waals surface area contributed by atoms with Gasteiger partial charge in [-0.05, 0) is 19.8 Å². The molecule has 2 atom stereocenters. The van der Waals surface area contributed by atoms with Crippen LogP contribution in [0.1, 0.15) is 17.8 Å². The maximum absolute atomic E-state index is 12.5. The maximum Gasteiger partial charge on any atom is 0.325 e. The molecule has 4 rings (SSSR count). The fourth-order valence-corrected chi connectivity index (χ4v) is 5.32. The molecule has 140 valence electrons. The minimum absolute atomic E-state index is 0.271. The van der Waals surface area contributed by atoms with Crippen LogP contribution in [0, 0.1) is 6.92 Å². The molecule has 0 spiro atoms. The third-order valence-electron chi connectivity index (χ3n) is 4.79. The fraction of sp³-hybridized carbons (Fsp3) is 0.667. The average Bonchev–Trinajstić information content (AvgIpc) is 3.32. The number of aryl methyl sites for hydroxylation is 1. The monoisotopic (exact) mass is 395 g/mol. The predicted octanol–water partition coefficient (Wildman–Crippen LogP) is 0.582. The zero-order chi connectivity index (χ0) is 18.3. The lowest BCUT2D eigenvalue weighted by molar-refractivity contribution is -0.127. The van der Waals surface area contributed by atoms with Gasteiger partial charge in [-0.25, -0.2) is 9.79 Å². The molecule has 1 aromatic heterocycles. The zero-order valence-electron chi connectivity index (χ0n) is 14.7. The molecule has 0 radical (unpaired) electrons. The number of hydrogen-bond acceptors (Lipinski definition) is 9. The van der Waals surface area contributed by atoms with Crippen molar-refractivity contribution >= 4 is 41.0 Å². The summed E-state index contributed by atoms with van der Waals surface area (Å²) in [5.41, 5.74) is 0. The fourth-order valence-electron chi connectivity index (χ4n) is 3.50. The van der Waals surface area contributed by atoms with Crippen molar-refractivity contribution in [2.75, 3.05) is 32.4 Å². The third kappa shape index (κ3) is 3.13. The summed E-state index contributed by atoms with van der Waals surface area (Å²) in [7, 11) is 1.69. The highest BCUT2D eigenvalue weighted by molar-refractivity contribution is 8.01. The summed E-state index contributed by atoms with van der Waals surface area (Å²) in [5, 5.41) is 11.6. The smallest absolute Gasteiger partial charge is 0.325 e. The van der Waals surface area contributed by atoms with E-state index >= 15 is 0 Å². The SMILES string of the molecule is Cc1nnc(SCCN2C(N3CCCC3)=NC3C2C(=O)NC(=O)N3C)s1. The second-order valence-corrected chi connectivity index (χ2v) is 9.04. The number of aromatic nitrogens is 2. The van der Waals surface area contributed by atoms with Crippen LogP contribution in [0.2, 0.25) is 0 Å². The predicted molar refractivity (Wildman–Crippen MR) is 99.2 cm³/mol. The van der Waals surface area contributed by atoms with Crippen molar-refractivity contribution < 1.29 is 9.59 Å². The molecule has 2 fully saturated rings. The molecule has 11 heteroatoms. The number of imide groups is 1. The van der Waals surface area contributed by atoms with E-state index in [1.54, 1.807) is 30.1 Å². The van der Waals surface area contributed by atoms with E-state index in [9.17, 15) is 9.59 Å². The Morgan fingerprint density at radius 1 is 1.27 bits per heavy atom. The third-order valence-corrected chi connectivity index (χ3v) is 6.75. The van der Waals surface area contributed by atoms with Crippen LogP contribution in [0.3, 0.4) is 0 Å². The molecule has 3 aliphatic rings. The number of hydrogen-bond donors (Lipinski definition) is 1. The molecule has 4 heterocycles. The number of urea groups is 1. The number of likely N-dealkylation sites (tertiary alicyclic amines) is 1. The van der Waals surface area contributed by atoms with Crippen LogP contribution in [0.15, 0.2) is 9.33 Å². The van der Waals surface area contributed by atoms with Crippen molar-refractivity contribution in [3.63, 3.8) is 0 Å². The second-order valence-electron chi connectivity index (χ2n) is 6.52. The van der Waals surface area contributed by atoms with Gasteiger partial charge in [0.15, 0.2) is 22.5 Å². The molecular formula is C15H21N7O2S2. The Labute approximate surface area is 159 Å². The first-order valence-electron chi connectivity index (χ1n) is 8.64. The van der Waals surface area contributed by atoms with E-state index in [0.29, 0.717) is 6.54 Å². The summed E-state index contributed by atoms with van der Waals surface area (Å²) >= 11 is 3.20. The van der Waals surface area contributed by atoms with Gasteiger partial charge in [0.2, 0.25) is 0 Å². The van der Waals surface area contributed by atoms with Gasteiger partial charge in [0.1, 0.15) is 5.01 Å². The number of carbonyl (C=O) groups excluding carboxylic acids is 2. The van der Waals surface area contributed by atoms with Crippen molar-refractivity contribution in [2.45, 2.75) is 36.3 Å². The van der Waals surface area contributed by atoms with E-state index in [4.69, 9.17) is 4.99 Å². The van der Waals surface area contributed by atoms with Crippen molar-refractivity contribution in [2.24, 2.45) is 4.99 Å². The number of nitrogens with zero attached hydrogens (tertiary/aromatic N) is 6. The highest BCUT2D eigenvalue weighted by Gasteiger charge is 2.49. The zero-order valence-corrected chi connectivity index (χ0v) is 16.3. The van der Waals surface area contributed by atoms with Crippen LogP contribution < -0.4 is 5.32 Å². The first-order chi connectivity index (χ1) is 12.5. The van der Waals surface area contributed by atoms with Crippen LogP contribution in [0.25, 0.3) is 0 Å². The first kappa shape index (κ1) is 17.5. The van der Waals surface area contributed by atoms with Gasteiger partial charge in [-0.2, -0.15) is 0 Å². The molecule has 0 bridgehead atoms. The summed E-state index contributed by atoms with van der Waals surface area (Å²) in [6.45, 7) is 4.48. The van der Waals surface area contributed by atoms with Crippen LogP contribution >= 0.6 is 23.1 Å². The number of thioether (sulfide) groups is 1. The summed E-state index contributed by atoms with van der Waals surface area (Å²) in [5.74, 6) is 1.34. The Morgan fingerprint density at radius 2 is 2.04 bits per heavy atom. The molecule has 0 saturated carbocycles. The number of nitrogens with one attached hydrogen (secondary N) is 1. The Morgan fingerprint density at radius 3 is 2.73 bits per heavy atom. The lowest BCUT2D eigenvalue weighted by Crippen LogP contribution is -2.64.